The van der Waals surface area contributed by atoms with E-state index in [1.165, 1.54) is 16.8 Å². The van der Waals surface area contributed by atoms with Crippen molar-refractivity contribution >= 4 is 63.4 Å². The van der Waals surface area contributed by atoms with Crippen LogP contribution in [0.1, 0.15) is 26.3 Å². The van der Waals surface area contributed by atoms with Crippen molar-refractivity contribution in [1.29, 1.82) is 0 Å². The van der Waals surface area contributed by atoms with Gasteiger partial charge >= 0.3 is 0 Å². The van der Waals surface area contributed by atoms with Crippen LogP contribution < -0.4 is 10.0 Å². The summed E-state index contributed by atoms with van der Waals surface area (Å²) in [5.74, 6) is -0.229. The molecule has 178 valence electrons. The van der Waals surface area contributed by atoms with Gasteiger partial charge in [-0.1, -0.05) is 59.6 Å². The fourth-order valence-corrected chi connectivity index (χ4v) is 5.03. The number of halogens is 2. The maximum absolute atomic E-state index is 13.0. The summed E-state index contributed by atoms with van der Waals surface area (Å²) in [6.45, 7) is 0.356. The summed E-state index contributed by atoms with van der Waals surface area (Å²) < 4.78 is 3.34. The van der Waals surface area contributed by atoms with E-state index in [-0.39, 0.29) is 11.8 Å². The monoisotopic (exact) mass is 523 g/mol. The standard InChI is InChI=1S/C27H23Cl2N3O2S/c1-32(2)27(34)18-11-9-17(10-12-18)16-30-26(33)24-7-3-6-23-22(24)5-4-8-25(23)31-35-21-14-19(28)13-20(29)15-21/h3-15,31H,16H2,1-2H3,(H,30,33). The first kappa shape index (κ1) is 24.9. The average Bonchev–Trinajstić information content (AvgIpc) is 2.85. The quantitative estimate of drug-likeness (QED) is 0.258. The third-order valence-corrected chi connectivity index (χ3v) is 6.57. The smallest absolute Gasteiger partial charge is 0.253 e. The summed E-state index contributed by atoms with van der Waals surface area (Å²) in [4.78, 5) is 27.5. The molecular weight excluding hydrogens is 501 g/mol. The average molecular weight is 524 g/mol. The van der Waals surface area contributed by atoms with Crippen molar-refractivity contribution in [3.63, 3.8) is 0 Å². The lowest BCUT2D eigenvalue weighted by molar-refractivity contribution is 0.0827. The Morgan fingerprint density at radius 1 is 0.857 bits per heavy atom. The van der Waals surface area contributed by atoms with E-state index < -0.39 is 0 Å². The van der Waals surface area contributed by atoms with E-state index in [0.717, 1.165) is 26.9 Å². The van der Waals surface area contributed by atoms with Crippen LogP contribution >= 0.6 is 35.1 Å². The molecule has 8 heteroatoms. The Labute approximate surface area is 218 Å². The molecule has 0 bridgehead atoms. The Morgan fingerprint density at radius 2 is 1.51 bits per heavy atom. The molecular formula is C27H23Cl2N3O2S. The van der Waals surface area contributed by atoms with E-state index in [2.05, 4.69) is 10.0 Å². The minimum atomic E-state index is -0.171. The predicted molar refractivity (Wildman–Crippen MR) is 146 cm³/mol. The van der Waals surface area contributed by atoms with Gasteiger partial charge < -0.3 is 14.9 Å². The summed E-state index contributed by atoms with van der Waals surface area (Å²) in [7, 11) is 3.43. The molecule has 0 spiro atoms. The Balaban J connectivity index is 1.48. The first-order valence-electron chi connectivity index (χ1n) is 10.8. The predicted octanol–water partition coefficient (Wildman–Crippen LogP) is 6.90. The Morgan fingerprint density at radius 3 is 2.20 bits per heavy atom. The van der Waals surface area contributed by atoms with Crippen molar-refractivity contribution in [3.8, 4) is 0 Å². The molecule has 0 atom stereocenters. The summed E-state index contributed by atoms with van der Waals surface area (Å²) in [5.41, 5.74) is 2.98. The zero-order chi connectivity index (χ0) is 24.9. The third kappa shape index (κ3) is 6.09. The lowest BCUT2D eigenvalue weighted by atomic mass is 10.0. The molecule has 4 aromatic carbocycles. The number of benzene rings is 4. The molecule has 2 amide bonds. The fraction of sp³-hybridized carbons (Fsp3) is 0.111. The number of amides is 2. The molecule has 0 heterocycles. The number of hydrogen-bond donors (Lipinski definition) is 2. The van der Waals surface area contributed by atoms with Crippen LogP contribution in [-0.2, 0) is 6.54 Å². The van der Waals surface area contributed by atoms with Crippen molar-refractivity contribution < 1.29 is 9.59 Å². The highest BCUT2D eigenvalue weighted by atomic mass is 35.5. The molecule has 4 rings (SSSR count). The van der Waals surface area contributed by atoms with E-state index in [1.807, 2.05) is 60.7 Å². The van der Waals surface area contributed by atoms with Gasteiger partial charge in [0.25, 0.3) is 11.8 Å². The Kier molecular flexibility index (Phi) is 7.86. The Hall–Kier alpha value is -3.19. The van der Waals surface area contributed by atoms with E-state index in [1.54, 1.807) is 32.3 Å². The molecule has 4 aromatic rings. The molecule has 0 radical (unpaired) electrons. The number of nitrogens with zero attached hydrogens (tertiary/aromatic N) is 1. The lowest BCUT2D eigenvalue weighted by Crippen LogP contribution is -2.23. The van der Waals surface area contributed by atoms with Gasteiger partial charge in [0.15, 0.2) is 0 Å². The second kappa shape index (κ2) is 11.0. The maximum atomic E-state index is 13.0. The molecule has 0 aromatic heterocycles. The molecule has 0 aliphatic rings. The normalized spacial score (nSPS) is 10.7. The van der Waals surface area contributed by atoms with Gasteiger partial charge in [0.05, 0.1) is 5.69 Å². The second-order valence-corrected chi connectivity index (χ2v) is 9.85. The van der Waals surface area contributed by atoms with Gasteiger partial charge in [-0.2, -0.15) is 0 Å². The van der Waals surface area contributed by atoms with Gasteiger partial charge in [-0.3, -0.25) is 9.59 Å². The number of carbonyl (C=O) groups is 2. The van der Waals surface area contributed by atoms with E-state index in [0.29, 0.717) is 27.7 Å². The van der Waals surface area contributed by atoms with Gasteiger partial charge in [-0.05, 0) is 65.4 Å². The van der Waals surface area contributed by atoms with Crippen LogP contribution in [0.4, 0.5) is 5.69 Å². The number of fused-ring (bicyclic) bond motifs is 1. The van der Waals surface area contributed by atoms with E-state index in [4.69, 9.17) is 23.2 Å². The summed E-state index contributed by atoms with van der Waals surface area (Å²) in [6, 6.07) is 24.0. The van der Waals surface area contributed by atoms with Crippen LogP contribution in [0, 0.1) is 0 Å². The molecule has 0 aliphatic heterocycles. The molecule has 0 saturated heterocycles. The second-order valence-electron chi connectivity index (χ2n) is 8.09. The van der Waals surface area contributed by atoms with Gasteiger partial charge in [0.1, 0.15) is 0 Å². The zero-order valence-electron chi connectivity index (χ0n) is 19.1. The molecule has 0 unspecified atom stereocenters. The topological polar surface area (TPSA) is 61.4 Å². The zero-order valence-corrected chi connectivity index (χ0v) is 21.5. The van der Waals surface area contributed by atoms with Crippen LogP contribution in [0.5, 0.6) is 0 Å². The van der Waals surface area contributed by atoms with Crippen LogP contribution in [0.2, 0.25) is 10.0 Å². The van der Waals surface area contributed by atoms with Crippen LogP contribution in [0.15, 0.2) is 83.8 Å². The van der Waals surface area contributed by atoms with Gasteiger partial charge in [0.2, 0.25) is 0 Å². The largest absolute Gasteiger partial charge is 0.348 e. The van der Waals surface area contributed by atoms with Gasteiger partial charge in [0, 0.05) is 52.1 Å². The molecule has 0 fully saturated rings. The SMILES string of the molecule is CN(C)C(=O)c1ccc(CNC(=O)c2cccc3c(NSc4cc(Cl)cc(Cl)c4)cccc23)cc1. The first-order chi connectivity index (χ1) is 16.8. The van der Waals surface area contributed by atoms with Crippen LogP contribution in [-0.4, -0.2) is 30.8 Å². The third-order valence-electron chi connectivity index (χ3n) is 5.34. The van der Waals surface area contributed by atoms with Gasteiger partial charge in [-0.25, -0.2) is 0 Å². The number of anilines is 1. The van der Waals surface area contributed by atoms with Crippen LogP contribution in [0.25, 0.3) is 10.8 Å². The molecule has 5 nitrogen and oxygen atoms in total. The van der Waals surface area contributed by atoms with Gasteiger partial charge in [-0.15, -0.1) is 0 Å². The summed E-state index contributed by atoms with van der Waals surface area (Å²) in [5, 5.41) is 5.88. The van der Waals surface area contributed by atoms with Crippen LogP contribution in [0.3, 0.4) is 0 Å². The summed E-state index contributed by atoms with van der Waals surface area (Å²) in [6.07, 6.45) is 0. The number of nitrogens with one attached hydrogen (secondary N) is 2. The van der Waals surface area contributed by atoms with E-state index in [9.17, 15) is 9.59 Å². The van der Waals surface area contributed by atoms with Crippen molar-refractivity contribution in [2.45, 2.75) is 11.4 Å². The number of hydrogen-bond acceptors (Lipinski definition) is 4. The molecule has 35 heavy (non-hydrogen) atoms. The first-order valence-corrected chi connectivity index (χ1v) is 12.4. The van der Waals surface area contributed by atoms with Crippen molar-refractivity contribution in [1.82, 2.24) is 10.2 Å². The maximum Gasteiger partial charge on any atom is 0.253 e. The van der Waals surface area contributed by atoms with Crippen molar-refractivity contribution in [2.75, 3.05) is 18.8 Å². The summed E-state index contributed by atoms with van der Waals surface area (Å²) >= 11 is 13.6. The highest BCUT2D eigenvalue weighted by Gasteiger charge is 2.13. The number of carbonyl (C=O) groups excluding carboxylic acids is 2. The van der Waals surface area contributed by atoms with E-state index >= 15 is 0 Å². The highest BCUT2D eigenvalue weighted by molar-refractivity contribution is 8.00. The molecule has 2 N–H and O–H groups in total. The minimum Gasteiger partial charge on any atom is -0.348 e. The minimum absolute atomic E-state index is 0.0580. The lowest BCUT2D eigenvalue weighted by Gasteiger charge is -2.13. The van der Waals surface area contributed by atoms with Crippen molar-refractivity contribution in [3.05, 3.63) is 106 Å². The van der Waals surface area contributed by atoms with Crippen molar-refractivity contribution in [2.24, 2.45) is 0 Å². The molecule has 0 saturated carbocycles. The molecule has 0 aliphatic carbocycles. The Bertz CT molecular complexity index is 1370. The fourth-order valence-electron chi connectivity index (χ4n) is 3.60. The number of rotatable bonds is 7. The highest BCUT2D eigenvalue weighted by Crippen LogP contribution is 2.32.